The maximum absolute atomic E-state index is 12.4. The Hall–Kier alpha value is -3.34. The molecular formula is C18H15N3O2. The van der Waals surface area contributed by atoms with Crippen LogP contribution in [-0.4, -0.2) is 16.7 Å². The summed E-state index contributed by atoms with van der Waals surface area (Å²) in [6.07, 6.45) is 2.73. The summed E-state index contributed by atoms with van der Waals surface area (Å²) >= 11 is 0. The van der Waals surface area contributed by atoms with Crippen LogP contribution in [0.15, 0.2) is 72.7 Å². The normalized spacial score (nSPS) is 11.4. The highest BCUT2D eigenvalue weighted by Crippen LogP contribution is 2.18. The Kier molecular flexibility index (Phi) is 3.93. The number of aromatic amines is 1. The molecule has 5 heteroatoms. The maximum atomic E-state index is 12.4. The Morgan fingerprint density at radius 3 is 2.43 bits per heavy atom. The van der Waals surface area contributed by atoms with E-state index in [1.54, 1.807) is 30.5 Å². The molecule has 0 radical (unpaired) electrons. The van der Waals surface area contributed by atoms with Crippen LogP contribution in [0, 0.1) is 0 Å². The van der Waals surface area contributed by atoms with E-state index in [1.165, 1.54) is 0 Å². The first-order valence-electron chi connectivity index (χ1n) is 7.10. The van der Waals surface area contributed by atoms with Crippen LogP contribution >= 0.6 is 0 Å². The van der Waals surface area contributed by atoms with Crippen LogP contribution in [0.25, 0.3) is 10.9 Å². The summed E-state index contributed by atoms with van der Waals surface area (Å²) in [6.45, 7) is 0. The van der Waals surface area contributed by atoms with Gasteiger partial charge in [0.1, 0.15) is 5.70 Å². The number of carbonyl (C=O) groups excluding carboxylic acids is 2. The van der Waals surface area contributed by atoms with Crippen LogP contribution < -0.4 is 11.1 Å². The van der Waals surface area contributed by atoms with Gasteiger partial charge in [0, 0.05) is 28.9 Å². The first-order chi connectivity index (χ1) is 11.2. The van der Waals surface area contributed by atoms with E-state index in [0.29, 0.717) is 11.1 Å². The van der Waals surface area contributed by atoms with Gasteiger partial charge < -0.3 is 16.0 Å². The Morgan fingerprint density at radius 2 is 1.70 bits per heavy atom. The van der Waals surface area contributed by atoms with Gasteiger partial charge in [-0.15, -0.1) is 0 Å². The molecule has 0 spiro atoms. The number of amides is 1. The monoisotopic (exact) mass is 305 g/mol. The second-order valence-corrected chi connectivity index (χ2v) is 4.98. The molecule has 114 valence electrons. The zero-order chi connectivity index (χ0) is 16.2. The minimum absolute atomic E-state index is 0.0477. The van der Waals surface area contributed by atoms with E-state index in [-0.39, 0.29) is 17.4 Å². The molecule has 4 N–H and O–H groups in total. The fourth-order valence-electron chi connectivity index (χ4n) is 2.37. The molecule has 0 aliphatic carbocycles. The fourth-order valence-corrected chi connectivity index (χ4v) is 2.37. The summed E-state index contributed by atoms with van der Waals surface area (Å²) < 4.78 is 0. The number of para-hydroxylation sites is 1. The molecule has 23 heavy (non-hydrogen) atoms. The molecule has 0 bridgehead atoms. The van der Waals surface area contributed by atoms with Gasteiger partial charge in [0.15, 0.2) is 0 Å². The van der Waals surface area contributed by atoms with E-state index in [9.17, 15) is 9.59 Å². The van der Waals surface area contributed by atoms with Crippen molar-refractivity contribution in [3.63, 3.8) is 0 Å². The number of benzene rings is 2. The quantitative estimate of drug-likeness (QED) is 0.511. The summed E-state index contributed by atoms with van der Waals surface area (Å²) in [4.78, 5) is 27.8. The molecule has 0 fully saturated rings. The number of nitrogens with one attached hydrogen (secondary N) is 2. The van der Waals surface area contributed by atoms with Gasteiger partial charge in [-0.25, -0.2) is 0 Å². The third-order valence-electron chi connectivity index (χ3n) is 3.53. The number of hydrogen-bond acceptors (Lipinski definition) is 3. The van der Waals surface area contributed by atoms with Crippen LogP contribution in [0.1, 0.15) is 20.7 Å². The molecule has 0 saturated carbocycles. The number of rotatable bonds is 4. The SMILES string of the molecule is N/C=C(/NC(=O)c1c[nH]c2ccccc12)C(=O)c1ccccc1. The van der Waals surface area contributed by atoms with Crippen molar-refractivity contribution in [2.45, 2.75) is 0 Å². The molecule has 0 saturated heterocycles. The van der Waals surface area contributed by atoms with Crippen molar-refractivity contribution in [3.8, 4) is 0 Å². The van der Waals surface area contributed by atoms with Crippen molar-refractivity contribution in [3.05, 3.63) is 83.8 Å². The zero-order valence-corrected chi connectivity index (χ0v) is 12.2. The molecule has 5 nitrogen and oxygen atoms in total. The molecule has 2 aromatic carbocycles. The number of fused-ring (bicyclic) bond motifs is 1. The van der Waals surface area contributed by atoms with E-state index in [0.717, 1.165) is 17.1 Å². The molecule has 0 aliphatic rings. The third kappa shape index (κ3) is 2.85. The fraction of sp³-hybridized carbons (Fsp3) is 0. The van der Waals surface area contributed by atoms with Gasteiger partial charge in [-0.05, 0) is 6.07 Å². The van der Waals surface area contributed by atoms with Gasteiger partial charge in [0.05, 0.1) is 5.56 Å². The van der Waals surface area contributed by atoms with E-state index >= 15 is 0 Å². The number of hydrogen-bond donors (Lipinski definition) is 3. The maximum Gasteiger partial charge on any atom is 0.257 e. The smallest absolute Gasteiger partial charge is 0.257 e. The molecule has 3 rings (SSSR count). The van der Waals surface area contributed by atoms with Gasteiger partial charge >= 0.3 is 0 Å². The Bertz CT molecular complexity index is 895. The molecule has 3 aromatic rings. The molecule has 1 heterocycles. The van der Waals surface area contributed by atoms with E-state index in [1.807, 2.05) is 30.3 Å². The summed E-state index contributed by atoms with van der Waals surface area (Å²) in [6, 6.07) is 16.1. The lowest BCUT2D eigenvalue weighted by Gasteiger charge is -2.08. The zero-order valence-electron chi connectivity index (χ0n) is 12.2. The largest absolute Gasteiger partial charge is 0.403 e. The highest BCUT2D eigenvalue weighted by molar-refractivity contribution is 6.14. The second kappa shape index (κ2) is 6.19. The first-order valence-corrected chi connectivity index (χ1v) is 7.10. The number of H-pyrrole nitrogens is 1. The Balaban J connectivity index is 1.85. The van der Waals surface area contributed by atoms with Crippen LogP contribution in [0.3, 0.4) is 0 Å². The minimum Gasteiger partial charge on any atom is -0.403 e. The first kappa shape index (κ1) is 14.6. The lowest BCUT2D eigenvalue weighted by atomic mass is 10.1. The van der Waals surface area contributed by atoms with Crippen molar-refractivity contribution in [2.75, 3.05) is 0 Å². The number of Topliss-reactive ketones (excluding diaryl/α,β-unsaturated/α-hetero) is 1. The summed E-state index contributed by atoms with van der Waals surface area (Å²) in [5, 5.41) is 3.37. The van der Waals surface area contributed by atoms with Crippen molar-refractivity contribution in [1.82, 2.24) is 10.3 Å². The average molecular weight is 305 g/mol. The van der Waals surface area contributed by atoms with Gasteiger partial charge in [-0.2, -0.15) is 0 Å². The van der Waals surface area contributed by atoms with Crippen LogP contribution in [0.5, 0.6) is 0 Å². The number of ketones is 1. The lowest BCUT2D eigenvalue weighted by Crippen LogP contribution is -2.28. The van der Waals surface area contributed by atoms with E-state index in [2.05, 4.69) is 10.3 Å². The van der Waals surface area contributed by atoms with Gasteiger partial charge in [-0.3, -0.25) is 9.59 Å². The third-order valence-corrected chi connectivity index (χ3v) is 3.53. The van der Waals surface area contributed by atoms with Crippen LogP contribution in [-0.2, 0) is 0 Å². The van der Waals surface area contributed by atoms with E-state index < -0.39 is 0 Å². The highest BCUT2D eigenvalue weighted by Gasteiger charge is 2.17. The van der Waals surface area contributed by atoms with Crippen molar-refractivity contribution in [1.29, 1.82) is 0 Å². The van der Waals surface area contributed by atoms with Gasteiger partial charge in [0.25, 0.3) is 5.91 Å². The highest BCUT2D eigenvalue weighted by atomic mass is 16.2. The molecular weight excluding hydrogens is 290 g/mol. The average Bonchev–Trinajstić information content (AvgIpc) is 3.04. The second-order valence-electron chi connectivity index (χ2n) is 4.98. The Labute approximate surface area is 132 Å². The lowest BCUT2D eigenvalue weighted by molar-refractivity contribution is 0.0934. The molecule has 0 unspecified atom stereocenters. The summed E-state index contributed by atoms with van der Waals surface area (Å²) in [7, 11) is 0. The van der Waals surface area contributed by atoms with Crippen molar-refractivity contribution >= 4 is 22.6 Å². The van der Waals surface area contributed by atoms with Gasteiger partial charge in [0.2, 0.25) is 5.78 Å². The van der Waals surface area contributed by atoms with Crippen molar-refractivity contribution in [2.24, 2.45) is 5.73 Å². The number of allylic oxidation sites excluding steroid dienone is 1. The molecule has 1 aromatic heterocycles. The number of aromatic nitrogens is 1. The van der Waals surface area contributed by atoms with Gasteiger partial charge in [-0.1, -0.05) is 48.5 Å². The van der Waals surface area contributed by atoms with Crippen molar-refractivity contribution < 1.29 is 9.59 Å². The number of nitrogens with two attached hydrogens (primary N) is 1. The molecule has 1 amide bonds. The van der Waals surface area contributed by atoms with Crippen LogP contribution in [0.2, 0.25) is 0 Å². The summed E-state index contributed by atoms with van der Waals surface area (Å²) in [5.74, 6) is -0.718. The standard InChI is InChI=1S/C18H15N3O2/c19-10-16(17(22)12-6-2-1-3-7-12)21-18(23)14-11-20-15-9-5-4-8-13(14)15/h1-11,20H,19H2,(H,21,23)/b16-10+. The minimum atomic E-state index is -0.386. The predicted molar refractivity (Wildman–Crippen MR) is 88.8 cm³/mol. The molecule has 0 atom stereocenters. The molecule has 0 aliphatic heterocycles. The topological polar surface area (TPSA) is 88.0 Å². The Morgan fingerprint density at radius 1 is 1.00 bits per heavy atom. The summed E-state index contributed by atoms with van der Waals surface area (Å²) in [5.41, 5.74) is 7.34. The van der Waals surface area contributed by atoms with Crippen LogP contribution in [0.4, 0.5) is 0 Å². The predicted octanol–water partition coefficient (Wildman–Crippen LogP) is 2.58. The van der Waals surface area contributed by atoms with E-state index in [4.69, 9.17) is 5.73 Å². The number of carbonyl (C=O) groups is 2.